The number of aromatic nitrogens is 1. The molecule has 0 unspecified atom stereocenters. The Labute approximate surface area is 128 Å². The van der Waals surface area contributed by atoms with Crippen LogP contribution in [-0.2, 0) is 5.75 Å². The lowest BCUT2D eigenvalue weighted by molar-refractivity contribution is 0.350. The van der Waals surface area contributed by atoms with Crippen LogP contribution in [0.3, 0.4) is 0 Å². The highest BCUT2D eigenvalue weighted by atomic mass is 32.2. The average Bonchev–Trinajstić information content (AvgIpc) is 2.44. The monoisotopic (exact) mass is 301 g/mol. The van der Waals surface area contributed by atoms with Crippen LogP contribution in [0.2, 0.25) is 0 Å². The number of hydrogen-bond acceptors (Lipinski definition) is 3. The van der Waals surface area contributed by atoms with Crippen LogP contribution in [0, 0.1) is 31.5 Å². The second-order valence-electron chi connectivity index (χ2n) is 4.69. The lowest BCUT2D eigenvalue weighted by Gasteiger charge is -2.05. The standard InChI is InChI=1S/C17H16FNOS/c1-12-8-13(2)19-17(9-12)21-11-14-5-6-16(18)15(10-14)4-3-7-20/h5-6,8-10,20H,7,11H2,1-2H3. The third-order valence-corrected chi connectivity index (χ3v) is 3.78. The molecular weight excluding hydrogens is 285 g/mol. The summed E-state index contributed by atoms with van der Waals surface area (Å²) in [5, 5.41) is 9.64. The zero-order valence-corrected chi connectivity index (χ0v) is 12.8. The molecule has 0 radical (unpaired) electrons. The molecule has 108 valence electrons. The van der Waals surface area contributed by atoms with Crippen LogP contribution in [0.1, 0.15) is 22.4 Å². The number of nitrogens with zero attached hydrogens (tertiary/aromatic N) is 1. The number of aliphatic hydroxyl groups excluding tert-OH is 1. The Morgan fingerprint density at radius 2 is 2.05 bits per heavy atom. The van der Waals surface area contributed by atoms with Crippen molar-refractivity contribution >= 4 is 11.8 Å². The summed E-state index contributed by atoms with van der Waals surface area (Å²) in [5.74, 6) is 5.42. The summed E-state index contributed by atoms with van der Waals surface area (Å²) in [5.41, 5.74) is 3.46. The van der Waals surface area contributed by atoms with Gasteiger partial charge in [-0.25, -0.2) is 9.37 Å². The molecule has 0 amide bonds. The summed E-state index contributed by atoms with van der Waals surface area (Å²) in [4.78, 5) is 4.47. The van der Waals surface area contributed by atoms with Crippen LogP contribution in [0.5, 0.6) is 0 Å². The lowest BCUT2D eigenvalue weighted by atomic mass is 10.1. The number of aryl methyl sites for hydroxylation is 2. The van der Waals surface area contributed by atoms with E-state index in [1.807, 2.05) is 26.0 Å². The minimum Gasteiger partial charge on any atom is -0.384 e. The van der Waals surface area contributed by atoms with Crippen LogP contribution in [0.4, 0.5) is 4.39 Å². The van der Waals surface area contributed by atoms with Crippen LogP contribution in [0.25, 0.3) is 0 Å². The molecule has 0 spiro atoms. The van der Waals surface area contributed by atoms with E-state index in [1.165, 1.54) is 11.6 Å². The molecule has 0 aliphatic heterocycles. The Balaban J connectivity index is 2.13. The number of halogens is 1. The van der Waals surface area contributed by atoms with E-state index in [2.05, 4.69) is 16.8 Å². The molecular formula is C17H16FNOS. The summed E-state index contributed by atoms with van der Waals surface area (Å²) < 4.78 is 13.6. The SMILES string of the molecule is Cc1cc(C)nc(SCc2ccc(F)c(C#CCO)c2)c1. The largest absolute Gasteiger partial charge is 0.384 e. The van der Waals surface area contributed by atoms with Crippen LogP contribution < -0.4 is 0 Å². The second-order valence-corrected chi connectivity index (χ2v) is 5.68. The predicted octanol–water partition coefficient (Wildman–Crippen LogP) is 3.47. The molecule has 2 nitrogen and oxygen atoms in total. The zero-order chi connectivity index (χ0) is 15.2. The van der Waals surface area contributed by atoms with Gasteiger partial charge in [-0.3, -0.25) is 0 Å². The van der Waals surface area contributed by atoms with Crippen molar-refractivity contribution in [3.05, 3.63) is 58.5 Å². The van der Waals surface area contributed by atoms with E-state index in [1.54, 1.807) is 23.9 Å². The molecule has 1 heterocycles. The molecule has 1 aromatic carbocycles. The molecule has 2 rings (SSSR count). The number of hydrogen-bond donors (Lipinski definition) is 1. The molecule has 2 aromatic rings. The first-order valence-electron chi connectivity index (χ1n) is 6.55. The first-order chi connectivity index (χ1) is 10.1. The lowest BCUT2D eigenvalue weighted by Crippen LogP contribution is -1.90. The van der Waals surface area contributed by atoms with Crippen LogP contribution >= 0.6 is 11.8 Å². The Morgan fingerprint density at radius 3 is 2.76 bits per heavy atom. The third-order valence-electron chi connectivity index (χ3n) is 2.79. The quantitative estimate of drug-likeness (QED) is 0.696. The summed E-state index contributed by atoms with van der Waals surface area (Å²) in [7, 11) is 0. The van der Waals surface area contributed by atoms with Gasteiger partial charge in [0.05, 0.1) is 10.6 Å². The van der Waals surface area contributed by atoms with Gasteiger partial charge in [-0.2, -0.15) is 0 Å². The van der Waals surface area contributed by atoms with Gasteiger partial charge in [-0.05, 0) is 49.2 Å². The molecule has 0 bridgehead atoms. The highest BCUT2D eigenvalue weighted by Crippen LogP contribution is 2.23. The van der Waals surface area contributed by atoms with Crippen LogP contribution in [-0.4, -0.2) is 16.7 Å². The van der Waals surface area contributed by atoms with Crippen molar-refractivity contribution in [2.24, 2.45) is 0 Å². The van der Waals surface area contributed by atoms with Gasteiger partial charge < -0.3 is 5.11 Å². The van der Waals surface area contributed by atoms with Gasteiger partial charge in [-0.1, -0.05) is 17.9 Å². The summed E-state index contributed by atoms with van der Waals surface area (Å²) in [6.07, 6.45) is 0. The normalized spacial score (nSPS) is 10.1. The molecule has 0 aliphatic rings. The van der Waals surface area contributed by atoms with Gasteiger partial charge >= 0.3 is 0 Å². The van der Waals surface area contributed by atoms with Gasteiger partial charge in [0.15, 0.2) is 0 Å². The molecule has 0 saturated carbocycles. The molecule has 0 saturated heterocycles. The number of aliphatic hydroxyl groups is 1. The van der Waals surface area contributed by atoms with Gasteiger partial charge in [0.2, 0.25) is 0 Å². The first kappa shape index (κ1) is 15.6. The number of pyridine rings is 1. The van der Waals surface area contributed by atoms with E-state index in [0.29, 0.717) is 11.3 Å². The first-order valence-corrected chi connectivity index (χ1v) is 7.53. The summed E-state index contributed by atoms with van der Waals surface area (Å²) >= 11 is 1.61. The number of thioether (sulfide) groups is 1. The Morgan fingerprint density at radius 1 is 1.24 bits per heavy atom. The van der Waals surface area contributed by atoms with Crippen molar-refractivity contribution in [1.82, 2.24) is 4.98 Å². The summed E-state index contributed by atoms with van der Waals surface area (Å²) in [6, 6.07) is 8.94. The van der Waals surface area contributed by atoms with Gasteiger partial charge in [0.25, 0.3) is 0 Å². The van der Waals surface area contributed by atoms with Crippen molar-refractivity contribution in [2.75, 3.05) is 6.61 Å². The topological polar surface area (TPSA) is 33.1 Å². The zero-order valence-electron chi connectivity index (χ0n) is 12.0. The fraction of sp³-hybridized carbons (Fsp3) is 0.235. The minimum atomic E-state index is -0.366. The van der Waals surface area contributed by atoms with Crippen LogP contribution in [0.15, 0.2) is 35.4 Å². The van der Waals surface area contributed by atoms with Crippen molar-refractivity contribution in [2.45, 2.75) is 24.6 Å². The van der Waals surface area contributed by atoms with Gasteiger partial charge in [0, 0.05) is 11.4 Å². The smallest absolute Gasteiger partial charge is 0.138 e. The van der Waals surface area contributed by atoms with E-state index < -0.39 is 0 Å². The molecule has 21 heavy (non-hydrogen) atoms. The fourth-order valence-electron chi connectivity index (χ4n) is 1.93. The number of benzene rings is 1. The molecule has 0 atom stereocenters. The van der Waals surface area contributed by atoms with Gasteiger partial charge in [-0.15, -0.1) is 11.8 Å². The summed E-state index contributed by atoms with van der Waals surface area (Å²) in [6.45, 7) is 3.74. The Bertz CT molecular complexity index is 683. The Hall–Kier alpha value is -1.83. The van der Waals surface area contributed by atoms with E-state index in [4.69, 9.17) is 5.11 Å². The maximum absolute atomic E-state index is 13.6. The second kappa shape index (κ2) is 7.26. The number of rotatable bonds is 3. The van der Waals surface area contributed by atoms with E-state index >= 15 is 0 Å². The molecule has 0 fully saturated rings. The van der Waals surface area contributed by atoms with Crippen molar-refractivity contribution < 1.29 is 9.50 Å². The Kier molecular flexibility index (Phi) is 5.38. The fourth-order valence-corrected chi connectivity index (χ4v) is 2.90. The van der Waals surface area contributed by atoms with Crippen molar-refractivity contribution in [3.8, 4) is 11.8 Å². The van der Waals surface area contributed by atoms with E-state index in [9.17, 15) is 4.39 Å². The van der Waals surface area contributed by atoms with E-state index in [0.717, 1.165) is 16.3 Å². The highest BCUT2D eigenvalue weighted by Gasteiger charge is 2.04. The molecule has 0 aliphatic carbocycles. The maximum atomic E-state index is 13.6. The average molecular weight is 301 g/mol. The molecule has 1 aromatic heterocycles. The van der Waals surface area contributed by atoms with Crippen molar-refractivity contribution in [1.29, 1.82) is 0 Å². The van der Waals surface area contributed by atoms with Gasteiger partial charge in [0.1, 0.15) is 12.4 Å². The molecule has 4 heteroatoms. The predicted molar refractivity (Wildman–Crippen MR) is 83.6 cm³/mol. The highest BCUT2D eigenvalue weighted by molar-refractivity contribution is 7.98. The molecule has 1 N–H and O–H groups in total. The maximum Gasteiger partial charge on any atom is 0.138 e. The van der Waals surface area contributed by atoms with E-state index in [-0.39, 0.29) is 12.4 Å². The van der Waals surface area contributed by atoms with Crippen molar-refractivity contribution in [3.63, 3.8) is 0 Å². The minimum absolute atomic E-state index is 0.273. The third kappa shape index (κ3) is 4.59.